The SMILES string of the molecule is Clc1[c]ccc(SCc2ccco2)c1Cl. The van der Waals surface area contributed by atoms with E-state index in [0.717, 1.165) is 16.4 Å². The molecule has 15 heavy (non-hydrogen) atoms. The van der Waals surface area contributed by atoms with Gasteiger partial charge in [-0.2, -0.15) is 0 Å². The minimum Gasteiger partial charge on any atom is -0.468 e. The van der Waals surface area contributed by atoms with E-state index in [-0.39, 0.29) is 0 Å². The Hall–Kier alpha value is -0.570. The Kier molecular flexibility index (Phi) is 3.62. The molecule has 0 spiro atoms. The fourth-order valence-electron chi connectivity index (χ4n) is 1.09. The van der Waals surface area contributed by atoms with E-state index in [1.807, 2.05) is 18.2 Å². The third-order valence-electron chi connectivity index (χ3n) is 1.80. The summed E-state index contributed by atoms with van der Waals surface area (Å²) >= 11 is 13.5. The smallest absolute Gasteiger partial charge is 0.113 e. The molecule has 0 amide bonds. The molecule has 1 aromatic heterocycles. The first-order valence-corrected chi connectivity index (χ1v) is 6.02. The molecule has 2 rings (SSSR count). The molecule has 1 nitrogen and oxygen atoms in total. The number of benzene rings is 1. The molecular formula is C11H7Cl2OS. The molecule has 0 aliphatic carbocycles. The highest BCUT2D eigenvalue weighted by molar-refractivity contribution is 7.98. The van der Waals surface area contributed by atoms with Crippen molar-refractivity contribution < 1.29 is 4.42 Å². The van der Waals surface area contributed by atoms with E-state index in [0.29, 0.717) is 10.0 Å². The van der Waals surface area contributed by atoms with Gasteiger partial charge in [0.1, 0.15) is 5.76 Å². The molecule has 4 heteroatoms. The third-order valence-corrected chi connectivity index (χ3v) is 3.78. The van der Waals surface area contributed by atoms with Crippen LogP contribution in [-0.2, 0) is 5.75 Å². The Bertz CT molecular complexity index is 440. The zero-order chi connectivity index (χ0) is 10.7. The summed E-state index contributed by atoms with van der Waals surface area (Å²) in [6, 6.07) is 10.3. The number of halogens is 2. The van der Waals surface area contributed by atoms with Gasteiger partial charge in [0.25, 0.3) is 0 Å². The summed E-state index contributed by atoms with van der Waals surface area (Å²) in [4.78, 5) is 0.941. The van der Waals surface area contributed by atoms with Gasteiger partial charge < -0.3 is 4.42 Å². The van der Waals surface area contributed by atoms with Crippen LogP contribution in [0.15, 0.2) is 39.8 Å². The first kappa shape index (κ1) is 10.9. The number of furan rings is 1. The van der Waals surface area contributed by atoms with Crippen LogP contribution in [0.1, 0.15) is 5.76 Å². The lowest BCUT2D eigenvalue weighted by Gasteiger charge is -2.03. The van der Waals surface area contributed by atoms with Crippen LogP contribution < -0.4 is 0 Å². The number of hydrogen-bond acceptors (Lipinski definition) is 2. The van der Waals surface area contributed by atoms with Crippen LogP contribution in [0, 0.1) is 6.07 Å². The fourth-order valence-corrected chi connectivity index (χ4v) is 2.45. The van der Waals surface area contributed by atoms with Crippen molar-refractivity contribution in [3.05, 3.63) is 52.4 Å². The predicted molar refractivity (Wildman–Crippen MR) is 63.6 cm³/mol. The molecule has 1 radical (unpaired) electrons. The molecule has 0 fully saturated rings. The van der Waals surface area contributed by atoms with E-state index in [1.165, 1.54) is 0 Å². The normalized spacial score (nSPS) is 10.5. The van der Waals surface area contributed by atoms with Crippen LogP contribution in [-0.4, -0.2) is 0 Å². The second kappa shape index (κ2) is 4.97. The van der Waals surface area contributed by atoms with Gasteiger partial charge in [-0.25, -0.2) is 0 Å². The number of rotatable bonds is 3. The van der Waals surface area contributed by atoms with Crippen molar-refractivity contribution in [2.75, 3.05) is 0 Å². The topological polar surface area (TPSA) is 13.1 Å². The van der Waals surface area contributed by atoms with E-state index in [9.17, 15) is 0 Å². The lowest BCUT2D eigenvalue weighted by molar-refractivity contribution is 0.530. The maximum atomic E-state index is 6.02. The Labute approximate surface area is 102 Å². The third kappa shape index (κ3) is 2.71. The molecule has 0 N–H and O–H groups in total. The molecule has 2 aromatic rings. The van der Waals surface area contributed by atoms with E-state index in [2.05, 4.69) is 6.07 Å². The second-order valence-corrected chi connectivity index (χ2v) is 4.61. The fraction of sp³-hybridized carbons (Fsp3) is 0.0909. The summed E-state index contributed by atoms with van der Waals surface area (Å²) in [5.74, 6) is 1.66. The van der Waals surface area contributed by atoms with Crippen molar-refractivity contribution in [1.29, 1.82) is 0 Å². The minimum atomic E-state index is 0.459. The van der Waals surface area contributed by atoms with E-state index in [4.69, 9.17) is 27.6 Å². The van der Waals surface area contributed by atoms with Gasteiger partial charge in [-0.3, -0.25) is 0 Å². The molecule has 0 bridgehead atoms. The van der Waals surface area contributed by atoms with Gasteiger partial charge in [-0.1, -0.05) is 29.3 Å². The first-order chi connectivity index (χ1) is 7.27. The van der Waals surface area contributed by atoms with Crippen LogP contribution in [0.2, 0.25) is 10.0 Å². The second-order valence-electron chi connectivity index (χ2n) is 2.84. The molecule has 77 valence electrons. The van der Waals surface area contributed by atoms with Crippen molar-refractivity contribution in [2.45, 2.75) is 10.6 Å². The maximum absolute atomic E-state index is 6.02. The van der Waals surface area contributed by atoms with E-state index in [1.54, 1.807) is 24.1 Å². The Morgan fingerprint density at radius 2 is 2.20 bits per heavy atom. The molecule has 0 atom stereocenters. The maximum Gasteiger partial charge on any atom is 0.113 e. The van der Waals surface area contributed by atoms with Gasteiger partial charge in [0, 0.05) is 11.0 Å². The summed E-state index contributed by atoms with van der Waals surface area (Å²) < 4.78 is 5.22. The average Bonchev–Trinajstić information content (AvgIpc) is 2.73. The van der Waals surface area contributed by atoms with Crippen LogP contribution in [0.5, 0.6) is 0 Å². The van der Waals surface area contributed by atoms with Crippen LogP contribution in [0.3, 0.4) is 0 Å². The largest absolute Gasteiger partial charge is 0.468 e. The Morgan fingerprint density at radius 3 is 2.93 bits per heavy atom. The van der Waals surface area contributed by atoms with Gasteiger partial charge in [0.15, 0.2) is 0 Å². The van der Waals surface area contributed by atoms with Crippen molar-refractivity contribution in [3.8, 4) is 0 Å². The highest BCUT2D eigenvalue weighted by Gasteiger charge is 2.06. The monoisotopic (exact) mass is 257 g/mol. The zero-order valence-electron chi connectivity index (χ0n) is 7.67. The quantitative estimate of drug-likeness (QED) is 0.741. The van der Waals surface area contributed by atoms with Gasteiger partial charge >= 0.3 is 0 Å². The molecule has 0 saturated heterocycles. The predicted octanol–water partition coefficient (Wildman–Crippen LogP) is 4.68. The van der Waals surface area contributed by atoms with Gasteiger partial charge in [-0.15, -0.1) is 11.8 Å². The van der Waals surface area contributed by atoms with Crippen LogP contribution in [0.4, 0.5) is 0 Å². The van der Waals surface area contributed by atoms with Crippen molar-refractivity contribution in [3.63, 3.8) is 0 Å². The zero-order valence-corrected chi connectivity index (χ0v) is 9.99. The standard InChI is InChI=1S/C11H7Cl2OS/c12-9-4-1-5-10(11(9)13)15-7-8-3-2-6-14-8/h1-3,5-6H,7H2. The van der Waals surface area contributed by atoms with Gasteiger partial charge in [-0.05, 0) is 18.2 Å². The van der Waals surface area contributed by atoms with Gasteiger partial charge in [0.05, 0.1) is 22.1 Å². The van der Waals surface area contributed by atoms with Crippen LogP contribution in [0.25, 0.3) is 0 Å². The first-order valence-electron chi connectivity index (χ1n) is 4.28. The average molecular weight is 258 g/mol. The summed E-state index contributed by atoms with van der Waals surface area (Å²) in [6.07, 6.45) is 1.66. The summed E-state index contributed by atoms with van der Waals surface area (Å²) in [6.45, 7) is 0. The van der Waals surface area contributed by atoms with E-state index < -0.39 is 0 Å². The molecule has 1 heterocycles. The van der Waals surface area contributed by atoms with Crippen molar-refractivity contribution in [1.82, 2.24) is 0 Å². The van der Waals surface area contributed by atoms with Crippen LogP contribution >= 0.6 is 35.0 Å². The minimum absolute atomic E-state index is 0.459. The number of thioether (sulfide) groups is 1. The molecule has 0 aliphatic heterocycles. The molecule has 0 aliphatic rings. The van der Waals surface area contributed by atoms with Gasteiger partial charge in [0.2, 0.25) is 0 Å². The van der Waals surface area contributed by atoms with Crippen molar-refractivity contribution >= 4 is 35.0 Å². The number of hydrogen-bond donors (Lipinski definition) is 0. The Balaban J connectivity index is 2.08. The summed E-state index contributed by atoms with van der Waals surface area (Å²) in [5.41, 5.74) is 0. The Morgan fingerprint density at radius 1 is 1.33 bits per heavy atom. The summed E-state index contributed by atoms with van der Waals surface area (Å²) in [5, 5.41) is 1.01. The highest BCUT2D eigenvalue weighted by Crippen LogP contribution is 2.34. The summed E-state index contributed by atoms with van der Waals surface area (Å²) in [7, 11) is 0. The molecule has 0 unspecified atom stereocenters. The molecule has 0 saturated carbocycles. The lowest BCUT2D eigenvalue weighted by Crippen LogP contribution is -1.79. The highest BCUT2D eigenvalue weighted by atomic mass is 35.5. The lowest BCUT2D eigenvalue weighted by atomic mass is 10.4. The van der Waals surface area contributed by atoms with E-state index >= 15 is 0 Å². The molecular weight excluding hydrogens is 251 g/mol. The molecule has 1 aromatic carbocycles. The van der Waals surface area contributed by atoms with Crippen molar-refractivity contribution in [2.24, 2.45) is 0 Å².